The fourth-order valence-electron chi connectivity index (χ4n) is 3.76. The molecule has 2 aliphatic rings. The zero-order valence-corrected chi connectivity index (χ0v) is 11.9. The van der Waals surface area contributed by atoms with Crippen LogP contribution in [0.5, 0.6) is 0 Å². The lowest BCUT2D eigenvalue weighted by Crippen LogP contribution is -2.53. The monoisotopic (exact) mass is 250 g/mol. The third-order valence-electron chi connectivity index (χ3n) is 4.60. The molecule has 2 N–H and O–H groups in total. The summed E-state index contributed by atoms with van der Waals surface area (Å²) in [5.74, 6) is 0.420. The van der Waals surface area contributed by atoms with Gasteiger partial charge >= 0.3 is 0 Å². The second-order valence-corrected chi connectivity index (χ2v) is 6.18. The first-order chi connectivity index (χ1) is 8.44. The van der Waals surface area contributed by atoms with Gasteiger partial charge in [-0.1, -0.05) is 26.0 Å². The van der Waals surface area contributed by atoms with E-state index in [9.17, 15) is 10.2 Å². The van der Waals surface area contributed by atoms with Crippen LogP contribution in [0, 0.1) is 5.92 Å². The molecule has 2 aliphatic carbocycles. The lowest BCUT2D eigenvalue weighted by Gasteiger charge is -2.41. The minimum atomic E-state index is -1.02. The van der Waals surface area contributed by atoms with Crippen molar-refractivity contribution in [3.63, 3.8) is 0 Å². The van der Waals surface area contributed by atoms with Crippen LogP contribution in [0.4, 0.5) is 0 Å². The van der Waals surface area contributed by atoms with Gasteiger partial charge in [0.2, 0.25) is 0 Å². The Kier molecular flexibility index (Phi) is 3.70. The third-order valence-corrected chi connectivity index (χ3v) is 4.60. The van der Waals surface area contributed by atoms with E-state index in [1.807, 2.05) is 13.0 Å². The predicted octanol–water partition coefficient (Wildman–Crippen LogP) is 3.35. The van der Waals surface area contributed by atoms with Crippen molar-refractivity contribution in [1.82, 2.24) is 0 Å². The SMILES string of the molecule is CC=C1CCC[C@@]1(O)[C@@]1(O)CCCC1=CC(C)C. The maximum Gasteiger partial charge on any atom is 0.118 e. The van der Waals surface area contributed by atoms with Gasteiger partial charge in [-0.15, -0.1) is 0 Å². The van der Waals surface area contributed by atoms with Gasteiger partial charge in [-0.05, 0) is 62.5 Å². The van der Waals surface area contributed by atoms with Gasteiger partial charge in [0.15, 0.2) is 0 Å². The second kappa shape index (κ2) is 4.82. The molecule has 0 amide bonds. The van der Waals surface area contributed by atoms with E-state index in [4.69, 9.17) is 0 Å². The summed E-state index contributed by atoms with van der Waals surface area (Å²) in [5, 5.41) is 22.1. The van der Waals surface area contributed by atoms with E-state index in [1.165, 1.54) is 0 Å². The molecular formula is C16H26O2. The first-order valence-corrected chi connectivity index (χ1v) is 7.25. The van der Waals surface area contributed by atoms with Crippen LogP contribution in [0.2, 0.25) is 0 Å². The predicted molar refractivity (Wildman–Crippen MR) is 74.3 cm³/mol. The van der Waals surface area contributed by atoms with Gasteiger partial charge in [0.1, 0.15) is 11.2 Å². The van der Waals surface area contributed by atoms with E-state index in [0.29, 0.717) is 18.8 Å². The highest BCUT2D eigenvalue weighted by Crippen LogP contribution is 2.52. The summed E-state index contributed by atoms with van der Waals surface area (Å²) in [6.07, 6.45) is 9.34. The lowest BCUT2D eigenvalue weighted by atomic mass is 9.74. The minimum absolute atomic E-state index is 0.420. The molecule has 0 radical (unpaired) electrons. The van der Waals surface area contributed by atoms with Crippen LogP contribution in [0.25, 0.3) is 0 Å². The van der Waals surface area contributed by atoms with E-state index in [1.54, 1.807) is 0 Å². The van der Waals surface area contributed by atoms with Gasteiger partial charge < -0.3 is 10.2 Å². The van der Waals surface area contributed by atoms with Crippen molar-refractivity contribution < 1.29 is 10.2 Å². The van der Waals surface area contributed by atoms with E-state index in [2.05, 4.69) is 19.9 Å². The minimum Gasteiger partial charge on any atom is -0.382 e. The highest BCUT2D eigenvalue weighted by Gasteiger charge is 2.56. The standard InChI is InChI=1S/C16H26O2/c1-4-13-7-5-9-15(13,17)16(18)10-6-8-14(16)11-12(2)3/h4,11-12,17-18H,5-10H2,1-3H3/t15-,16+/m0/s1. The first-order valence-electron chi connectivity index (χ1n) is 7.25. The van der Waals surface area contributed by atoms with Crippen molar-refractivity contribution in [2.45, 2.75) is 70.5 Å². The molecule has 102 valence electrons. The summed E-state index contributed by atoms with van der Waals surface area (Å²) < 4.78 is 0. The molecule has 2 nitrogen and oxygen atoms in total. The molecular weight excluding hydrogens is 224 g/mol. The van der Waals surface area contributed by atoms with Crippen LogP contribution in [0.3, 0.4) is 0 Å². The Bertz CT molecular complexity index is 381. The van der Waals surface area contributed by atoms with E-state index in [0.717, 1.165) is 36.8 Å². The Morgan fingerprint density at radius 3 is 2.00 bits per heavy atom. The molecule has 18 heavy (non-hydrogen) atoms. The molecule has 0 aromatic rings. The van der Waals surface area contributed by atoms with Crippen molar-refractivity contribution in [2.75, 3.05) is 0 Å². The van der Waals surface area contributed by atoms with Crippen molar-refractivity contribution in [2.24, 2.45) is 5.92 Å². The zero-order valence-electron chi connectivity index (χ0n) is 11.9. The van der Waals surface area contributed by atoms with Crippen molar-refractivity contribution in [3.8, 4) is 0 Å². The van der Waals surface area contributed by atoms with Crippen LogP contribution >= 0.6 is 0 Å². The van der Waals surface area contributed by atoms with Crippen LogP contribution in [-0.2, 0) is 0 Å². The van der Waals surface area contributed by atoms with Crippen molar-refractivity contribution >= 4 is 0 Å². The van der Waals surface area contributed by atoms with Gasteiger partial charge in [0.05, 0.1) is 0 Å². The summed E-state index contributed by atoms with van der Waals surface area (Å²) >= 11 is 0. The summed E-state index contributed by atoms with van der Waals surface area (Å²) in [6.45, 7) is 6.22. The van der Waals surface area contributed by atoms with Crippen LogP contribution in [-0.4, -0.2) is 21.4 Å². The average Bonchev–Trinajstić information content (AvgIpc) is 2.85. The van der Waals surface area contributed by atoms with Crippen molar-refractivity contribution in [3.05, 3.63) is 23.3 Å². The Balaban J connectivity index is 2.41. The van der Waals surface area contributed by atoms with E-state index in [-0.39, 0.29) is 0 Å². The Hall–Kier alpha value is -0.600. The molecule has 0 aliphatic heterocycles. The van der Waals surface area contributed by atoms with E-state index < -0.39 is 11.2 Å². The molecule has 2 saturated carbocycles. The summed E-state index contributed by atoms with van der Waals surface area (Å²) in [7, 11) is 0. The van der Waals surface area contributed by atoms with Crippen LogP contribution in [0.15, 0.2) is 23.3 Å². The highest BCUT2D eigenvalue weighted by atomic mass is 16.4. The Morgan fingerprint density at radius 1 is 1.00 bits per heavy atom. The maximum absolute atomic E-state index is 11.1. The van der Waals surface area contributed by atoms with Gasteiger partial charge in [0, 0.05) is 0 Å². The largest absolute Gasteiger partial charge is 0.382 e. The normalized spacial score (nSPS) is 41.4. The second-order valence-electron chi connectivity index (χ2n) is 6.18. The Morgan fingerprint density at radius 2 is 1.50 bits per heavy atom. The molecule has 0 saturated heterocycles. The topological polar surface area (TPSA) is 40.5 Å². The number of hydrogen-bond acceptors (Lipinski definition) is 2. The molecule has 0 bridgehead atoms. The number of aliphatic hydroxyl groups is 2. The van der Waals surface area contributed by atoms with Crippen LogP contribution in [0.1, 0.15) is 59.3 Å². The molecule has 2 heteroatoms. The smallest absolute Gasteiger partial charge is 0.118 e. The molecule has 0 aromatic heterocycles. The van der Waals surface area contributed by atoms with Gasteiger partial charge in [0.25, 0.3) is 0 Å². The maximum atomic E-state index is 11.1. The van der Waals surface area contributed by atoms with Gasteiger partial charge in [-0.3, -0.25) is 0 Å². The summed E-state index contributed by atoms with van der Waals surface area (Å²) in [6, 6.07) is 0. The Labute approximate surface area is 110 Å². The molecule has 0 spiro atoms. The average molecular weight is 250 g/mol. The fourth-order valence-corrected chi connectivity index (χ4v) is 3.76. The lowest BCUT2D eigenvalue weighted by molar-refractivity contribution is -0.0987. The zero-order chi connectivity index (χ0) is 13.4. The first kappa shape index (κ1) is 13.8. The molecule has 2 fully saturated rings. The highest BCUT2D eigenvalue weighted by molar-refractivity contribution is 5.38. The van der Waals surface area contributed by atoms with Gasteiger partial charge in [-0.2, -0.15) is 0 Å². The summed E-state index contributed by atoms with van der Waals surface area (Å²) in [5.41, 5.74) is 0.0528. The van der Waals surface area contributed by atoms with Gasteiger partial charge in [-0.25, -0.2) is 0 Å². The molecule has 0 aromatic carbocycles. The molecule has 0 unspecified atom stereocenters. The quantitative estimate of drug-likeness (QED) is 0.738. The number of rotatable bonds is 2. The molecule has 2 rings (SSSR count). The summed E-state index contributed by atoms with van der Waals surface area (Å²) in [4.78, 5) is 0. The van der Waals surface area contributed by atoms with Crippen molar-refractivity contribution in [1.29, 1.82) is 0 Å². The molecule has 0 heterocycles. The molecule has 2 atom stereocenters. The third kappa shape index (κ3) is 1.96. The number of hydrogen-bond donors (Lipinski definition) is 2. The van der Waals surface area contributed by atoms with Crippen LogP contribution < -0.4 is 0 Å². The number of allylic oxidation sites excluding steroid dienone is 2. The van der Waals surface area contributed by atoms with E-state index >= 15 is 0 Å². The fraction of sp³-hybridized carbons (Fsp3) is 0.750.